The van der Waals surface area contributed by atoms with Crippen LogP contribution in [0, 0.1) is 18.5 Å². The zero-order valence-electron chi connectivity index (χ0n) is 10.2. The van der Waals surface area contributed by atoms with Gasteiger partial charge in [0, 0.05) is 29.9 Å². The Balaban J connectivity index is 2.66. The minimum absolute atomic E-state index is 0.664. The molecule has 17 heavy (non-hydrogen) atoms. The first-order valence-electron chi connectivity index (χ1n) is 5.63. The van der Waals surface area contributed by atoms with Crippen molar-refractivity contribution in [2.45, 2.75) is 27.2 Å². The molecule has 0 aromatic carbocycles. The van der Waals surface area contributed by atoms with Crippen LogP contribution in [0.25, 0.3) is 11.3 Å². The third kappa shape index (κ3) is 2.42. The van der Waals surface area contributed by atoms with E-state index in [1.165, 1.54) is 0 Å². The molecule has 0 spiro atoms. The molecule has 0 unspecified atom stereocenters. The number of aromatic amines is 1. The Bertz CT molecular complexity index is 602. The Morgan fingerprint density at radius 2 is 2.06 bits per heavy atom. The van der Waals surface area contributed by atoms with Crippen LogP contribution in [-0.2, 0) is 6.42 Å². The van der Waals surface area contributed by atoms with Crippen LogP contribution in [0.2, 0.25) is 0 Å². The fourth-order valence-corrected chi connectivity index (χ4v) is 1.94. The molecule has 2 rings (SSSR count). The summed E-state index contributed by atoms with van der Waals surface area (Å²) >= 11 is 5.28. The van der Waals surface area contributed by atoms with Gasteiger partial charge >= 0.3 is 0 Å². The van der Waals surface area contributed by atoms with Gasteiger partial charge in [-0.1, -0.05) is 19.1 Å². The summed E-state index contributed by atoms with van der Waals surface area (Å²) in [6, 6.07) is 2.10. The van der Waals surface area contributed by atoms with E-state index in [9.17, 15) is 0 Å². The molecule has 2 heterocycles. The van der Waals surface area contributed by atoms with Crippen molar-refractivity contribution < 1.29 is 0 Å². The van der Waals surface area contributed by atoms with Crippen molar-refractivity contribution in [1.29, 1.82) is 0 Å². The Kier molecular flexibility index (Phi) is 3.33. The summed E-state index contributed by atoms with van der Waals surface area (Å²) in [5.41, 5.74) is 4.23. The highest BCUT2D eigenvalue weighted by molar-refractivity contribution is 7.71. The first kappa shape index (κ1) is 11.9. The van der Waals surface area contributed by atoms with E-state index in [1.54, 1.807) is 0 Å². The molecule has 2 aromatic heterocycles. The average Bonchev–Trinajstić information content (AvgIpc) is 2.32. The van der Waals surface area contributed by atoms with Gasteiger partial charge in [-0.05, 0) is 25.5 Å². The zero-order chi connectivity index (χ0) is 12.4. The minimum Gasteiger partial charge on any atom is -0.343 e. The van der Waals surface area contributed by atoms with Crippen molar-refractivity contribution >= 4 is 12.2 Å². The number of aromatic nitrogens is 3. The summed E-state index contributed by atoms with van der Waals surface area (Å²) in [6.07, 6.45) is 4.53. The molecule has 0 aliphatic heterocycles. The Hall–Kier alpha value is -1.55. The van der Waals surface area contributed by atoms with Crippen LogP contribution in [-0.4, -0.2) is 15.0 Å². The van der Waals surface area contributed by atoms with Crippen molar-refractivity contribution in [2.75, 3.05) is 0 Å². The monoisotopic (exact) mass is 245 g/mol. The number of hydrogen-bond acceptors (Lipinski definition) is 3. The van der Waals surface area contributed by atoms with Crippen molar-refractivity contribution in [3.8, 4) is 11.3 Å². The van der Waals surface area contributed by atoms with Crippen molar-refractivity contribution in [1.82, 2.24) is 15.0 Å². The molecular weight excluding hydrogens is 230 g/mol. The maximum absolute atomic E-state index is 5.28. The third-order valence-electron chi connectivity index (χ3n) is 2.70. The van der Waals surface area contributed by atoms with Gasteiger partial charge in [0.2, 0.25) is 0 Å². The molecule has 3 nitrogen and oxygen atoms in total. The lowest BCUT2D eigenvalue weighted by atomic mass is 10.1. The smallest absolute Gasteiger partial charge is 0.133 e. The van der Waals surface area contributed by atoms with Gasteiger partial charge in [-0.2, -0.15) is 0 Å². The standard InChI is InChI=1S/C13H15N3S/c1-4-11-15-12(9(3)13(17)16-11)10-5-8(2)6-14-7-10/h5-7H,4H2,1-3H3,(H,15,16,17). The highest BCUT2D eigenvalue weighted by atomic mass is 32.1. The quantitative estimate of drug-likeness (QED) is 0.825. The van der Waals surface area contributed by atoms with Gasteiger partial charge in [0.25, 0.3) is 0 Å². The maximum atomic E-state index is 5.28. The summed E-state index contributed by atoms with van der Waals surface area (Å²) in [6.45, 7) is 6.08. The van der Waals surface area contributed by atoms with E-state index in [0.717, 1.165) is 34.6 Å². The van der Waals surface area contributed by atoms with E-state index in [-0.39, 0.29) is 0 Å². The lowest BCUT2D eigenvalue weighted by Gasteiger charge is -2.09. The van der Waals surface area contributed by atoms with Gasteiger partial charge in [-0.25, -0.2) is 4.98 Å². The van der Waals surface area contributed by atoms with E-state index < -0.39 is 0 Å². The molecule has 1 N–H and O–H groups in total. The molecule has 0 amide bonds. The van der Waals surface area contributed by atoms with Crippen LogP contribution < -0.4 is 0 Å². The van der Waals surface area contributed by atoms with Crippen LogP contribution in [0.5, 0.6) is 0 Å². The Labute approximate surface area is 106 Å². The highest BCUT2D eigenvalue weighted by Crippen LogP contribution is 2.21. The van der Waals surface area contributed by atoms with Gasteiger partial charge in [0.1, 0.15) is 10.5 Å². The number of nitrogens with zero attached hydrogens (tertiary/aromatic N) is 2. The third-order valence-corrected chi connectivity index (χ3v) is 3.10. The van der Waals surface area contributed by atoms with Gasteiger partial charge in [0.15, 0.2) is 0 Å². The second kappa shape index (κ2) is 4.75. The summed E-state index contributed by atoms with van der Waals surface area (Å²) in [5.74, 6) is 0.914. The van der Waals surface area contributed by atoms with Gasteiger partial charge in [0.05, 0.1) is 5.69 Å². The summed E-state index contributed by atoms with van der Waals surface area (Å²) < 4.78 is 0.664. The zero-order valence-corrected chi connectivity index (χ0v) is 11.1. The topological polar surface area (TPSA) is 41.6 Å². The largest absolute Gasteiger partial charge is 0.343 e. The second-order valence-electron chi connectivity index (χ2n) is 4.09. The maximum Gasteiger partial charge on any atom is 0.133 e. The molecule has 0 bridgehead atoms. The SMILES string of the molecule is CCc1nc(=S)c(C)c(-c2cncc(C)c2)[nH]1. The lowest BCUT2D eigenvalue weighted by molar-refractivity contribution is 0.925. The molecule has 4 heteroatoms. The first-order chi connectivity index (χ1) is 8.11. The van der Waals surface area contributed by atoms with E-state index in [4.69, 9.17) is 12.2 Å². The van der Waals surface area contributed by atoms with Gasteiger partial charge in [-0.3, -0.25) is 4.98 Å². The summed E-state index contributed by atoms with van der Waals surface area (Å²) in [5, 5.41) is 0. The predicted octanol–water partition coefficient (Wildman–Crippen LogP) is 3.38. The normalized spacial score (nSPS) is 10.5. The van der Waals surface area contributed by atoms with Crippen LogP contribution in [0.4, 0.5) is 0 Å². The molecule has 0 atom stereocenters. The van der Waals surface area contributed by atoms with Crippen molar-refractivity contribution in [3.63, 3.8) is 0 Å². The molecule has 88 valence electrons. The van der Waals surface area contributed by atoms with E-state index in [1.807, 2.05) is 26.2 Å². The lowest BCUT2D eigenvalue weighted by Crippen LogP contribution is -1.99. The molecule has 0 saturated carbocycles. The number of hydrogen-bond donors (Lipinski definition) is 1. The van der Waals surface area contributed by atoms with E-state index in [0.29, 0.717) is 4.64 Å². The first-order valence-corrected chi connectivity index (χ1v) is 6.04. The van der Waals surface area contributed by atoms with E-state index >= 15 is 0 Å². The Morgan fingerprint density at radius 1 is 1.29 bits per heavy atom. The fourth-order valence-electron chi connectivity index (χ4n) is 1.73. The molecule has 0 aliphatic carbocycles. The molecule has 0 saturated heterocycles. The molecule has 0 radical (unpaired) electrons. The molecular formula is C13H15N3S. The number of pyridine rings is 1. The number of H-pyrrole nitrogens is 1. The van der Waals surface area contributed by atoms with Crippen LogP contribution in [0.15, 0.2) is 18.5 Å². The number of rotatable bonds is 2. The highest BCUT2D eigenvalue weighted by Gasteiger charge is 2.07. The average molecular weight is 245 g/mol. The van der Waals surface area contributed by atoms with Crippen LogP contribution in [0.1, 0.15) is 23.9 Å². The van der Waals surface area contributed by atoms with Crippen molar-refractivity contribution in [3.05, 3.63) is 40.1 Å². The fraction of sp³-hybridized carbons (Fsp3) is 0.308. The number of nitrogens with one attached hydrogen (secondary N) is 1. The van der Waals surface area contributed by atoms with Crippen molar-refractivity contribution in [2.24, 2.45) is 0 Å². The molecule has 0 aliphatic rings. The molecule has 0 fully saturated rings. The van der Waals surface area contributed by atoms with E-state index in [2.05, 4.69) is 27.9 Å². The van der Waals surface area contributed by atoms with Gasteiger partial charge < -0.3 is 4.98 Å². The molecule has 2 aromatic rings. The summed E-state index contributed by atoms with van der Waals surface area (Å²) in [7, 11) is 0. The number of aryl methyl sites for hydroxylation is 2. The van der Waals surface area contributed by atoms with Gasteiger partial charge in [-0.15, -0.1) is 0 Å². The summed E-state index contributed by atoms with van der Waals surface area (Å²) in [4.78, 5) is 11.9. The second-order valence-corrected chi connectivity index (χ2v) is 4.48. The van der Waals surface area contributed by atoms with Crippen LogP contribution >= 0.6 is 12.2 Å². The predicted molar refractivity (Wildman–Crippen MR) is 71.5 cm³/mol. The Morgan fingerprint density at radius 3 is 2.71 bits per heavy atom. The van der Waals surface area contributed by atoms with Crippen LogP contribution in [0.3, 0.4) is 0 Å². The minimum atomic E-state index is 0.664.